The average molecular weight is 189 g/mol. The molecule has 2 aromatic heterocycles. The van der Waals surface area contributed by atoms with Crippen molar-refractivity contribution in [1.29, 1.82) is 0 Å². The van der Waals surface area contributed by atoms with Crippen LogP contribution in [0.5, 0.6) is 0 Å². The molecule has 0 saturated carbocycles. The van der Waals surface area contributed by atoms with E-state index in [4.69, 9.17) is 0 Å². The van der Waals surface area contributed by atoms with Gasteiger partial charge >= 0.3 is 0 Å². The first-order chi connectivity index (χ1) is 6.86. The van der Waals surface area contributed by atoms with Crippen LogP contribution in [0.25, 0.3) is 0 Å². The Morgan fingerprint density at radius 3 is 3.00 bits per heavy atom. The number of rotatable bonds is 4. The number of aryl methyl sites for hydroxylation is 1. The van der Waals surface area contributed by atoms with Crippen molar-refractivity contribution in [2.75, 3.05) is 0 Å². The highest BCUT2D eigenvalue weighted by Crippen LogP contribution is 2.16. The van der Waals surface area contributed by atoms with E-state index < -0.39 is 0 Å². The van der Waals surface area contributed by atoms with Crippen molar-refractivity contribution in [1.82, 2.24) is 20.2 Å². The molecule has 0 amide bonds. The number of H-pyrrole nitrogens is 2. The lowest BCUT2D eigenvalue weighted by Crippen LogP contribution is -1.98. The number of nitrogens with one attached hydrogen (secondary N) is 2. The fourth-order valence-electron chi connectivity index (χ4n) is 1.39. The Kier molecular flexibility index (Phi) is 2.62. The van der Waals surface area contributed by atoms with E-state index in [9.17, 15) is 0 Å². The largest absolute Gasteiger partial charge is 0.349 e. The molecule has 2 heterocycles. The molecule has 0 bridgehead atoms. The molecule has 1 atom stereocenters. The first kappa shape index (κ1) is 8.99. The van der Waals surface area contributed by atoms with Crippen LogP contribution in [0.3, 0.4) is 0 Å². The molecule has 2 aromatic rings. The SMILES string of the molecule is [CH2]C(CCc1ncc[nH]1)c1cc[nH]n1. The van der Waals surface area contributed by atoms with Gasteiger partial charge in [-0.3, -0.25) is 5.10 Å². The first-order valence-electron chi connectivity index (χ1n) is 4.67. The summed E-state index contributed by atoms with van der Waals surface area (Å²) in [7, 11) is 0. The standard InChI is InChI=1S/C10H13N4/c1-8(9-4-5-13-14-9)2-3-10-11-6-7-12-10/h4-8H,1-3H2,(H,11,12)(H,13,14). The fraction of sp³-hybridized carbons (Fsp3) is 0.300. The lowest BCUT2D eigenvalue weighted by molar-refractivity contribution is 0.690. The van der Waals surface area contributed by atoms with E-state index in [0.717, 1.165) is 24.4 Å². The summed E-state index contributed by atoms with van der Waals surface area (Å²) >= 11 is 0. The average Bonchev–Trinajstić information content (AvgIpc) is 2.87. The molecule has 0 aliphatic heterocycles. The maximum absolute atomic E-state index is 4.16. The number of aromatic nitrogens is 4. The summed E-state index contributed by atoms with van der Waals surface area (Å²) in [6.45, 7) is 4.06. The van der Waals surface area contributed by atoms with E-state index in [1.54, 1.807) is 6.20 Å². The zero-order valence-electron chi connectivity index (χ0n) is 7.90. The number of hydrogen-bond donors (Lipinski definition) is 2. The molecule has 0 spiro atoms. The molecule has 0 aliphatic rings. The lowest BCUT2D eigenvalue weighted by Gasteiger charge is -2.05. The van der Waals surface area contributed by atoms with Gasteiger partial charge in [-0.05, 0) is 19.4 Å². The van der Waals surface area contributed by atoms with Crippen molar-refractivity contribution in [3.05, 3.63) is 43.1 Å². The van der Waals surface area contributed by atoms with Gasteiger partial charge in [0.05, 0.1) is 5.69 Å². The van der Waals surface area contributed by atoms with Crippen molar-refractivity contribution in [3.8, 4) is 0 Å². The maximum atomic E-state index is 4.16. The Morgan fingerprint density at radius 2 is 2.36 bits per heavy atom. The van der Waals surface area contributed by atoms with Gasteiger partial charge in [0.1, 0.15) is 5.82 Å². The van der Waals surface area contributed by atoms with Gasteiger partial charge in [-0.2, -0.15) is 5.10 Å². The summed E-state index contributed by atoms with van der Waals surface area (Å²) in [6.07, 6.45) is 7.29. The van der Waals surface area contributed by atoms with Crippen LogP contribution in [-0.4, -0.2) is 20.2 Å². The highest BCUT2D eigenvalue weighted by atomic mass is 15.1. The van der Waals surface area contributed by atoms with E-state index in [0.29, 0.717) is 0 Å². The summed E-state index contributed by atoms with van der Waals surface area (Å²) in [6, 6.07) is 1.96. The van der Waals surface area contributed by atoms with E-state index in [2.05, 4.69) is 27.1 Å². The molecule has 73 valence electrons. The summed E-state index contributed by atoms with van der Waals surface area (Å²) in [5.74, 6) is 1.24. The fourth-order valence-corrected chi connectivity index (χ4v) is 1.39. The Balaban J connectivity index is 1.87. The van der Waals surface area contributed by atoms with Crippen molar-refractivity contribution in [2.24, 2.45) is 0 Å². The number of hydrogen-bond acceptors (Lipinski definition) is 2. The van der Waals surface area contributed by atoms with Crippen molar-refractivity contribution in [3.63, 3.8) is 0 Å². The third kappa shape index (κ3) is 2.02. The molecular formula is C10H13N4. The van der Waals surface area contributed by atoms with E-state index >= 15 is 0 Å². The van der Waals surface area contributed by atoms with Gasteiger partial charge in [-0.15, -0.1) is 0 Å². The van der Waals surface area contributed by atoms with Crippen LogP contribution in [0.2, 0.25) is 0 Å². The third-order valence-electron chi connectivity index (χ3n) is 2.23. The molecule has 4 nitrogen and oxygen atoms in total. The van der Waals surface area contributed by atoms with Crippen LogP contribution >= 0.6 is 0 Å². The second-order valence-electron chi connectivity index (χ2n) is 3.27. The highest BCUT2D eigenvalue weighted by Gasteiger charge is 2.08. The molecule has 1 radical (unpaired) electrons. The third-order valence-corrected chi connectivity index (χ3v) is 2.23. The van der Waals surface area contributed by atoms with Gasteiger partial charge in [-0.1, -0.05) is 0 Å². The van der Waals surface area contributed by atoms with E-state index in [1.807, 2.05) is 18.5 Å². The second-order valence-corrected chi connectivity index (χ2v) is 3.27. The number of nitrogens with zero attached hydrogens (tertiary/aromatic N) is 2. The van der Waals surface area contributed by atoms with Crippen LogP contribution in [-0.2, 0) is 6.42 Å². The molecule has 0 fully saturated rings. The number of aromatic amines is 2. The summed E-state index contributed by atoms with van der Waals surface area (Å²) < 4.78 is 0. The van der Waals surface area contributed by atoms with E-state index in [1.165, 1.54) is 0 Å². The van der Waals surface area contributed by atoms with Crippen LogP contribution in [0.4, 0.5) is 0 Å². The van der Waals surface area contributed by atoms with Crippen LogP contribution in [0.15, 0.2) is 24.7 Å². The lowest BCUT2D eigenvalue weighted by atomic mass is 10.0. The Bertz CT molecular complexity index is 349. The smallest absolute Gasteiger partial charge is 0.106 e. The molecule has 14 heavy (non-hydrogen) atoms. The minimum absolute atomic E-state index is 0.228. The molecular weight excluding hydrogens is 176 g/mol. The Labute approximate surface area is 82.8 Å². The summed E-state index contributed by atoms with van der Waals surface area (Å²) in [4.78, 5) is 7.23. The predicted molar refractivity (Wildman–Crippen MR) is 53.6 cm³/mol. The zero-order chi connectivity index (χ0) is 9.80. The molecule has 1 unspecified atom stereocenters. The van der Waals surface area contributed by atoms with Gasteiger partial charge < -0.3 is 4.98 Å². The minimum Gasteiger partial charge on any atom is -0.349 e. The molecule has 0 aliphatic carbocycles. The predicted octanol–water partition coefficient (Wildman–Crippen LogP) is 1.68. The van der Waals surface area contributed by atoms with Crippen LogP contribution < -0.4 is 0 Å². The quantitative estimate of drug-likeness (QED) is 0.768. The van der Waals surface area contributed by atoms with Gasteiger partial charge in [0.25, 0.3) is 0 Å². The highest BCUT2D eigenvalue weighted by molar-refractivity contribution is 5.07. The van der Waals surface area contributed by atoms with Crippen LogP contribution in [0.1, 0.15) is 23.9 Å². The maximum Gasteiger partial charge on any atom is 0.106 e. The Morgan fingerprint density at radius 1 is 1.43 bits per heavy atom. The summed E-state index contributed by atoms with van der Waals surface area (Å²) in [5, 5.41) is 6.89. The molecule has 2 rings (SSSR count). The molecule has 0 saturated heterocycles. The van der Waals surface area contributed by atoms with Crippen molar-refractivity contribution < 1.29 is 0 Å². The van der Waals surface area contributed by atoms with Gasteiger partial charge in [0.2, 0.25) is 0 Å². The van der Waals surface area contributed by atoms with Gasteiger partial charge in [-0.25, -0.2) is 4.98 Å². The molecule has 0 aromatic carbocycles. The second kappa shape index (κ2) is 4.09. The van der Waals surface area contributed by atoms with Gasteiger partial charge in [0, 0.05) is 30.9 Å². The van der Waals surface area contributed by atoms with Crippen LogP contribution in [0, 0.1) is 6.92 Å². The molecule has 4 heteroatoms. The normalized spacial score (nSPS) is 12.9. The Hall–Kier alpha value is -1.58. The summed E-state index contributed by atoms with van der Waals surface area (Å²) in [5.41, 5.74) is 1.01. The van der Waals surface area contributed by atoms with E-state index in [-0.39, 0.29) is 5.92 Å². The number of imidazole rings is 1. The minimum atomic E-state index is 0.228. The molecule has 2 N–H and O–H groups in total. The zero-order valence-corrected chi connectivity index (χ0v) is 7.90. The first-order valence-corrected chi connectivity index (χ1v) is 4.67. The van der Waals surface area contributed by atoms with Gasteiger partial charge in [0.15, 0.2) is 0 Å². The van der Waals surface area contributed by atoms with Crippen molar-refractivity contribution >= 4 is 0 Å². The monoisotopic (exact) mass is 189 g/mol. The van der Waals surface area contributed by atoms with Crippen molar-refractivity contribution in [2.45, 2.75) is 18.8 Å². The topological polar surface area (TPSA) is 57.4 Å².